The lowest BCUT2D eigenvalue weighted by Crippen LogP contribution is -2.24. The molecule has 3 heterocycles. The second-order valence-corrected chi connectivity index (χ2v) is 7.30. The Kier molecular flexibility index (Phi) is 5.28. The van der Waals surface area contributed by atoms with Crippen LogP contribution >= 0.6 is 0 Å². The molecule has 2 atom stereocenters. The SMILES string of the molecule is COc1ccc([C@H]2C[C@@H]2COc2cc(CCc3cnn(C)n3)c(=O)n(C)n2)nc1. The van der Waals surface area contributed by atoms with Gasteiger partial charge >= 0.3 is 0 Å². The van der Waals surface area contributed by atoms with Crippen molar-refractivity contribution in [3.05, 3.63) is 57.9 Å². The van der Waals surface area contributed by atoms with Crippen molar-refractivity contribution >= 4 is 0 Å². The maximum atomic E-state index is 12.4. The highest BCUT2D eigenvalue weighted by molar-refractivity contribution is 5.25. The Bertz CT molecular complexity index is 1040. The van der Waals surface area contributed by atoms with E-state index in [2.05, 4.69) is 20.3 Å². The van der Waals surface area contributed by atoms with Gasteiger partial charge in [0.05, 0.1) is 31.8 Å². The minimum Gasteiger partial charge on any atom is -0.495 e. The normalized spacial score (nSPS) is 17.9. The van der Waals surface area contributed by atoms with Crippen LogP contribution in [-0.2, 0) is 26.9 Å². The van der Waals surface area contributed by atoms with Crippen LogP contribution in [0, 0.1) is 5.92 Å². The third-order valence-corrected chi connectivity index (χ3v) is 5.16. The van der Waals surface area contributed by atoms with Crippen molar-refractivity contribution in [2.45, 2.75) is 25.2 Å². The lowest BCUT2D eigenvalue weighted by molar-refractivity contribution is 0.277. The lowest BCUT2D eigenvalue weighted by atomic mass is 10.1. The van der Waals surface area contributed by atoms with Crippen LogP contribution < -0.4 is 15.0 Å². The van der Waals surface area contributed by atoms with E-state index in [-0.39, 0.29) is 5.56 Å². The van der Waals surface area contributed by atoms with E-state index in [1.54, 1.807) is 39.7 Å². The van der Waals surface area contributed by atoms with Crippen LogP contribution in [0.1, 0.15) is 29.3 Å². The third kappa shape index (κ3) is 4.44. The van der Waals surface area contributed by atoms with Crippen LogP contribution in [-0.4, -0.2) is 43.5 Å². The van der Waals surface area contributed by atoms with E-state index in [0.29, 0.717) is 42.7 Å². The average molecular weight is 396 g/mol. The van der Waals surface area contributed by atoms with Gasteiger partial charge in [-0.25, -0.2) is 4.68 Å². The number of ether oxygens (including phenoxy) is 2. The molecule has 1 saturated carbocycles. The highest BCUT2D eigenvalue weighted by Gasteiger charge is 2.40. The highest BCUT2D eigenvalue weighted by atomic mass is 16.5. The van der Waals surface area contributed by atoms with Crippen LogP contribution in [0.2, 0.25) is 0 Å². The van der Waals surface area contributed by atoms with Gasteiger partial charge in [-0.2, -0.15) is 15.0 Å². The molecule has 0 bridgehead atoms. The molecule has 0 N–H and O–H groups in total. The number of methoxy groups -OCH3 is 1. The second-order valence-electron chi connectivity index (χ2n) is 7.30. The number of nitrogens with zero attached hydrogens (tertiary/aromatic N) is 6. The summed E-state index contributed by atoms with van der Waals surface area (Å²) in [5.74, 6) is 2.02. The summed E-state index contributed by atoms with van der Waals surface area (Å²) in [7, 11) is 5.04. The first-order valence-electron chi connectivity index (χ1n) is 9.58. The Morgan fingerprint density at radius 2 is 2.03 bits per heavy atom. The number of hydrogen-bond acceptors (Lipinski definition) is 7. The molecule has 0 aliphatic heterocycles. The van der Waals surface area contributed by atoms with Gasteiger partial charge in [0.2, 0.25) is 5.88 Å². The summed E-state index contributed by atoms with van der Waals surface area (Å²) in [6.45, 7) is 0.549. The quantitative estimate of drug-likeness (QED) is 0.566. The predicted molar refractivity (Wildman–Crippen MR) is 105 cm³/mol. The van der Waals surface area contributed by atoms with Gasteiger partial charge in [0, 0.05) is 43.3 Å². The molecule has 0 saturated heterocycles. The maximum absolute atomic E-state index is 12.4. The molecule has 1 aliphatic carbocycles. The fraction of sp³-hybridized carbons (Fsp3) is 0.450. The molecule has 9 heteroatoms. The molecular weight excluding hydrogens is 372 g/mol. The molecule has 9 nitrogen and oxygen atoms in total. The Morgan fingerprint density at radius 3 is 2.72 bits per heavy atom. The van der Waals surface area contributed by atoms with E-state index in [0.717, 1.165) is 23.6 Å². The zero-order valence-electron chi connectivity index (χ0n) is 16.8. The molecule has 0 spiro atoms. The Morgan fingerprint density at radius 1 is 1.17 bits per heavy atom. The van der Waals surface area contributed by atoms with Crippen molar-refractivity contribution in [1.29, 1.82) is 0 Å². The number of aromatic nitrogens is 6. The van der Waals surface area contributed by atoms with Crippen molar-refractivity contribution in [2.24, 2.45) is 20.0 Å². The van der Waals surface area contributed by atoms with E-state index in [1.807, 2.05) is 12.1 Å². The summed E-state index contributed by atoms with van der Waals surface area (Å²) in [5, 5.41) is 12.5. The first-order chi connectivity index (χ1) is 14.0. The van der Waals surface area contributed by atoms with E-state index in [1.165, 1.54) is 9.48 Å². The largest absolute Gasteiger partial charge is 0.495 e. The van der Waals surface area contributed by atoms with Crippen LogP contribution in [0.25, 0.3) is 0 Å². The third-order valence-electron chi connectivity index (χ3n) is 5.16. The minimum atomic E-state index is -0.118. The van der Waals surface area contributed by atoms with Crippen molar-refractivity contribution in [1.82, 2.24) is 29.8 Å². The standard InChI is InChI=1S/C20H24N6O3/c1-25-20(27)13(4-5-15-10-22-26(2)23-15)9-19(24-25)29-12-14-8-17(14)18-7-6-16(28-3)11-21-18/h6-7,9-11,14,17H,4-5,8,12H2,1-3H3/t14-,17+/m1/s1. The number of pyridine rings is 1. The van der Waals surface area contributed by atoms with Gasteiger partial charge in [-0.05, 0) is 31.4 Å². The molecule has 1 fully saturated rings. The molecule has 0 amide bonds. The minimum absolute atomic E-state index is 0.118. The number of hydrogen-bond donors (Lipinski definition) is 0. The summed E-state index contributed by atoms with van der Waals surface area (Å²) < 4.78 is 12.4. The van der Waals surface area contributed by atoms with Gasteiger partial charge in [0.25, 0.3) is 5.56 Å². The summed E-state index contributed by atoms with van der Waals surface area (Å²) in [4.78, 5) is 18.3. The summed E-state index contributed by atoms with van der Waals surface area (Å²) in [6, 6.07) is 5.66. The molecule has 3 aromatic heterocycles. The monoisotopic (exact) mass is 396 g/mol. The second kappa shape index (κ2) is 8.02. The van der Waals surface area contributed by atoms with Crippen molar-refractivity contribution in [2.75, 3.05) is 13.7 Å². The van der Waals surface area contributed by atoms with E-state index in [9.17, 15) is 4.79 Å². The van der Waals surface area contributed by atoms with Gasteiger partial charge in [-0.3, -0.25) is 9.78 Å². The molecule has 0 unspecified atom stereocenters. The van der Waals surface area contributed by atoms with Crippen molar-refractivity contribution in [3.8, 4) is 11.6 Å². The molecule has 4 rings (SSSR count). The zero-order chi connectivity index (χ0) is 20.4. The zero-order valence-corrected chi connectivity index (χ0v) is 16.8. The molecule has 29 heavy (non-hydrogen) atoms. The van der Waals surface area contributed by atoms with E-state index in [4.69, 9.17) is 9.47 Å². The molecule has 1 aliphatic rings. The van der Waals surface area contributed by atoms with Crippen LogP contribution in [0.5, 0.6) is 11.6 Å². The molecule has 0 aromatic carbocycles. The first-order valence-corrected chi connectivity index (χ1v) is 9.58. The fourth-order valence-electron chi connectivity index (χ4n) is 3.37. The molecular formula is C20H24N6O3. The molecule has 3 aromatic rings. The molecule has 0 radical (unpaired) electrons. The lowest BCUT2D eigenvalue weighted by Gasteiger charge is -2.09. The first kappa shape index (κ1) is 19.1. The van der Waals surface area contributed by atoms with Crippen molar-refractivity contribution < 1.29 is 9.47 Å². The van der Waals surface area contributed by atoms with Gasteiger partial charge in [0.15, 0.2) is 0 Å². The molecule has 152 valence electrons. The summed E-state index contributed by atoms with van der Waals surface area (Å²) >= 11 is 0. The Labute approximate surface area is 168 Å². The van der Waals surface area contributed by atoms with Crippen LogP contribution in [0.4, 0.5) is 0 Å². The Hall–Kier alpha value is -3.23. The average Bonchev–Trinajstić information content (AvgIpc) is 3.39. The van der Waals surface area contributed by atoms with Crippen LogP contribution in [0.15, 0.2) is 35.4 Å². The Balaban J connectivity index is 1.36. The van der Waals surface area contributed by atoms with Crippen LogP contribution in [0.3, 0.4) is 0 Å². The highest BCUT2D eigenvalue weighted by Crippen LogP contribution is 2.46. The maximum Gasteiger partial charge on any atom is 0.269 e. The van der Waals surface area contributed by atoms with Gasteiger partial charge in [0.1, 0.15) is 5.75 Å². The van der Waals surface area contributed by atoms with Crippen molar-refractivity contribution in [3.63, 3.8) is 0 Å². The van der Waals surface area contributed by atoms with Gasteiger partial charge in [-0.15, -0.1) is 5.10 Å². The number of rotatable bonds is 8. The van der Waals surface area contributed by atoms with Gasteiger partial charge in [-0.1, -0.05) is 0 Å². The van der Waals surface area contributed by atoms with E-state index < -0.39 is 0 Å². The smallest absolute Gasteiger partial charge is 0.269 e. The summed E-state index contributed by atoms with van der Waals surface area (Å²) in [6.07, 6.45) is 5.68. The predicted octanol–water partition coefficient (Wildman–Crippen LogP) is 1.28. The topological polar surface area (TPSA) is 97.0 Å². The van der Waals surface area contributed by atoms with Gasteiger partial charge < -0.3 is 9.47 Å². The fourth-order valence-corrected chi connectivity index (χ4v) is 3.37. The number of aryl methyl sites for hydroxylation is 4. The summed E-state index contributed by atoms with van der Waals surface area (Å²) in [5.41, 5.74) is 2.44. The van der Waals surface area contributed by atoms with E-state index >= 15 is 0 Å².